The topological polar surface area (TPSA) is 43.6 Å². The van der Waals surface area contributed by atoms with Crippen molar-refractivity contribution in [3.8, 4) is 17.2 Å². The van der Waals surface area contributed by atoms with Crippen molar-refractivity contribution < 1.29 is 13.9 Å². The van der Waals surface area contributed by atoms with Crippen molar-refractivity contribution in [1.82, 2.24) is 5.32 Å². The fourth-order valence-corrected chi connectivity index (χ4v) is 2.53. The van der Waals surface area contributed by atoms with Gasteiger partial charge in [-0.3, -0.25) is 0 Å². The number of aryl methyl sites for hydroxylation is 1. The summed E-state index contributed by atoms with van der Waals surface area (Å²) >= 11 is 0. The first-order chi connectivity index (χ1) is 10.7. The summed E-state index contributed by atoms with van der Waals surface area (Å²) in [7, 11) is 3.56. The predicted octanol–water partition coefficient (Wildman–Crippen LogP) is 4.26. The third kappa shape index (κ3) is 2.65. The second-order valence-electron chi connectivity index (χ2n) is 5.08. The molecule has 114 valence electrons. The Kier molecular flexibility index (Phi) is 4.02. The summed E-state index contributed by atoms with van der Waals surface area (Å²) < 4.78 is 17.1. The fourth-order valence-electron chi connectivity index (χ4n) is 2.53. The average Bonchev–Trinajstić information content (AvgIpc) is 2.85. The van der Waals surface area contributed by atoms with Crippen LogP contribution in [0.4, 0.5) is 0 Å². The number of fused-ring (bicyclic) bond motifs is 1. The van der Waals surface area contributed by atoms with Gasteiger partial charge in [0.25, 0.3) is 0 Å². The maximum Gasteiger partial charge on any atom is 0.177 e. The first kappa shape index (κ1) is 14.5. The standard InChI is InChI=1S/C18H19NO3/c1-12-16(11-19-2)15-8-5-9-17(18(15)21-12)22-14-7-4-6-13(10-14)20-3/h4-10,19H,11H2,1-3H3. The van der Waals surface area contributed by atoms with Gasteiger partial charge in [0.15, 0.2) is 11.3 Å². The Balaban J connectivity index is 2.02. The molecule has 0 radical (unpaired) electrons. The van der Waals surface area contributed by atoms with E-state index in [0.717, 1.165) is 40.3 Å². The van der Waals surface area contributed by atoms with Crippen LogP contribution in [0.1, 0.15) is 11.3 Å². The highest BCUT2D eigenvalue weighted by molar-refractivity contribution is 5.87. The lowest BCUT2D eigenvalue weighted by Gasteiger charge is -2.07. The molecule has 0 bridgehead atoms. The molecule has 4 nitrogen and oxygen atoms in total. The minimum Gasteiger partial charge on any atom is -0.497 e. The number of hydrogen-bond donors (Lipinski definition) is 1. The molecule has 0 aliphatic carbocycles. The average molecular weight is 297 g/mol. The zero-order valence-electron chi connectivity index (χ0n) is 13.0. The van der Waals surface area contributed by atoms with E-state index in [1.807, 2.05) is 50.4 Å². The van der Waals surface area contributed by atoms with Gasteiger partial charge in [-0.05, 0) is 32.2 Å². The van der Waals surface area contributed by atoms with Crippen molar-refractivity contribution in [2.45, 2.75) is 13.5 Å². The van der Waals surface area contributed by atoms with Crippen molar-refractivity contribution in [3.63, 3.8) is 0 Å². The van der Waals surface area contributed by atoms with Crippen LogP contribution in [-0.4, -0.2) is 14.2 Å². The van der Waals surface area contributed by atoms with Crippen molar-refractivity contribution in [2.24, 2.45) is 0 Å². The first-order valence-corrected chi connectivity index (χ1v) is 7.20. The Bertz CT molecular complexity index is 792. The number of hydrogen-bond acceptors (Lipinski definition) is 4. The number of benzene rings is 2. The molecule has 0 aliphatic heterocycles. The van der Waals surface area contributed by atoms with Crippen molar-refractivity contribution in [1.29, 1.82) is 0 Å². The van der Waals surface area contributed by atoms with Gasteiger partial charge in [0.1, 0.15) is 17.3 Å². The van der Waals surface area contributed by atoms with Gasteiger partial charge in [0.2, 0.25) is 0 Å². The highest BCUT2D eigenvalue weighted by Gasteiger charge is 2.14. The summed E-state index contributed by atoms with van der Waals surface area (Å²) in [6.07, 6.45) is 0. The van der Waals surface area contributed by atoms with Gasteiger partial charge in [0.05, 0.1) is 7.11 Å². The summed E-state index contributed by atoms with van der Waals surface area (Å²) in [6.45, 7) is 2.74. The maximum absolute atomic E-state index is 5.99. The van der Waals surface area contributed by atoms with Crippen LogP contribution in [-0.2, 0) is 6.54 Å². The van der Waals surface area contributed by atoms with E-state index < -0.39 is 0 Å². The zero-order chi connectivity index (χ0) is 15.5. The van der Waals surface area contributed by atoms with E-state index in [1.54, 1.807) is 7.11 Å². The number of rotatable bonds is 5. The lowest BCUT2D eigenvalue weighted by Crippen LogP contribution is -2.05. The summed E-state index contributed by atoms with van der Waals surface area (Å²) in [4.78, 5) is 0. The number of methoxy groups -OCH3 is 1. The van der Waals surface area contributed by atoms with Crippen LogP contribution in [0.15, 0.2) is 46.9 Å². The van der Waals surface area contributed by atoms with E-state index in [9.17, 15) is 0 Å². The SMILES string of the molecule is CNCc1c(C)oc2c(Oc3cccc(OC)c3)cccc12. The Hall–Kier alpha value is -2.46. The Morgan fingerprint density at radius 3 is 2.64 bits per heavy atom. The molecule has 4 heteroatoms. The molecule has 3 aromatic rings. The van der Waals surface area contributed by atoms with E-state index in [-0.39, 0.29) is 0 Å². The second kappa shape index (κ2) is 6.12. The van der Waals surface area contributed by atoms with Gasteiger partial charge in [-0.2, -0.15) is 0 Å². The molecule has 1 N–H and O–H groups in total. The van der Waals surface area contributed by atoms with Gasteiger partial charge in [-0.25, -0.2) is 0 Å². The van der Waals surface area contributed by atoms with Crippen LogP contribution in [0.25, 0.3) is 11.0 Å². The van der Waals surface area contributed by atoms with Crippen LogP contribution >= 0.6 is 0 Å². The number of furan rings is 1. The summed E-state index contributed by atoms with van der Waals surface area (Å²) in [5.74, 6) is 3.09. The van der Waals surface area contributed by atoms with Crippen molar-refractivity contribution >= 4 is 11.0 Å². The smallest absolute Gasteiger partial charge is 0.177 e. The predicted molar refractivity (Wildman–Crippen MR) is 86.8 cm³/mol. The van der Waals surface area contributed by atoms with Crippen LogP contribution in [0.5, 0.6) is 17.2 Å². The molecule has 2 aromatic carbocycles. The molecule has 22 heavy (non-hydrogen) atoms. The monoisotopic (exact) mass is 297 g/mol. The summed E-state index contributed by atoms with van der Waals surface area (Å²) in [5.41, 5.74) is 1.93. The van der Waals surface area contributed by atoms with Gasteiger partial charge < -0.3 is 19.2 Å². The lowest BCUT2D eigenvalue weighted by atomic mass is 10.1. The fraction of sp³-hybridized carbons (Fsp3) is 0.222. The van der Waals surface area contributed by atoms with E-state index in [0.29, 0.717) is 5.75 Å². The van der Waals surface area contributed by atoms with E-state index in [1.165, 1.54) is 0 Å². The number of ether oxygens (including phenoxy) is 2. The lowest BCUT2D eigenvalue weighted by molar-refractivity contribution is 0.408. The van der Waals surface area contributed by atoms with Crippen LogP contribution in [0.2, 0.25) is 0 Å². The molecule has 0 spiro atoms. The van der Waals surface area contributed by atoms with E-state index >= 15 is 0 Å². The number of para-hydroxylation sites is 1. The Morgan fingerprint density at radius 2 is 1.86 bits per heavy atom. The molecule has 0 fully saturated rings. The van der Waals surface area contributed by atoms with E-state index in [2.05, 4.69) is 11.4 Å². The third-order valence-corrected chi connectivity index (χ3v) is 3.61. The third-order valence-electron chi connectivity index (χ3n) is 3.61. The highest BCUT2D eigenvalue weighted by atomic mass is 16.5. The zero-order valence-corrected chi connectivity index (χ0v) is 13.0. The van der Waals surface area contributed by atoms with Crippen molar-refractivity contribution in [3.05, 3.63) is 53.8 Å². The van der Waals surface area contributed by atoms with Crippen LogP contribution in [0, 0.1) is 6.92 Å². The van der Waals surface area contributed by atoms with Gasteiger partial charge in [-0.1, -0.05) is 18.2 Å². The molecule has 0 aliphatic rings. The van der Waals surface area contributed by atoms with Crippen LogP contribution < -0.4 is 14.8 Å². The summed E-state index contributed by atoms with van der Waals surface area (Å²) in [6, 6.07) is 13.5. The van der Waals surface area contributed by atoms with Crippen LogP contribution in [0.3, 0.4) is 0 Å². The normalized spacial score (nSPS) is 10.9. The molecular formula is C18H19NO3. The first-order valence-electron chi connectivity index (χ1n) is 7.20. The summed E-state index contributed by atoms with van der Waals surface area (Å²) in [5, 5.41) is 4.25. The Morgan fingerprint density at radius 1 is 1.09 bits per heavy atom. The van der Waals surface area contributed by atoms with E-state index in [4.69, 9.17) is 13.9 Å². The minimum absolute atomic E-state index is 0.705. The minimum atomic E-state index is 0.705. The highest BCUT2D eigenvalue weighted by Crippen LogP contribution is 2.35. The van der Waals surface area contributed by atoms with Gasteiger partial charge >= 0.3 is 0 Å². The largest absolute Gasteiger partial charge is 0.497 e. The molecule has 1 heterocycles. The quantitative estimate of drug-likeness (QED) is 0.764. The number of nitrogens with one attached hydrogen (secondary N) is 1. The van der Waals surface area contributed by atoms with Gasteiger partial charge in [0, 0.05) is 23.6 Å². The maximum atomic E-state index is 5.99. The molecule has 1 aromatic heterocycles. The Labute approximate surface area is 129 Å². The molecule has 3 rings (SSSR count). The molecule has 0 unspecified atom stereocenters. The second-order valence-corrected chi connectivity index (χ2v) is 5.08. The van der Waals surface area contributed by atoms with Crippen molar-refractivity contribution in [2.75, 3.05) is 14.2 Å². The molecule has 0 saturated carbocycles. The van der Waals surface area contributed by atoms with Gasteiger partial charge in [-0.15, -0.1) is 0 Å². The molecule has 0 amide bonds. The molecular weight excluding hydrogens is 278 g/mol. The molecule has 0 atom stereocenters. The molecule has 0 saturated heterocycles.